The Balaban J connectivity index is 2.24. The zero-order valence-corrected chi connectivity index (χ0v) is 20.3. The third-order valence-corrected chi connectivity index (χ3v) is 4.54. The highest BCUT2D eigenvalue weighted by atomic mass is 19.4. The number of alkyl halides is 3. The van der Waals surface area contributed by atoms with Gasteiger partial charge in [0.2, 0.25) is 0 Å². The van der Waals surface area contributed by atoms with Crippen molar-refractivity contribution < 1.29 is 37.0 Å². The number of carbonyl (C=O) groups is 2. The van der Waals surface area contributed by atoms with Crippen LogP contribution in [0.25, 0.3) is 6.08 Å². The summed E-state index contributed by atoms with van der Waals surface area (Å²) >= 11 is 0. The van der Waals surface area contributed by atoms with E-state index in [1.165, 1.54) is 30.4 Å². The van der Waals surface area contributed by atoms with Gasteiger partial charge in [-0.15, -0.1) is 13.2 Å². The minimum absolute atomic E-state index is 0.205. The van der Waals surface area contributed by atoms with Crippen molar-refractivity contribution >= 4 is 17.8 Å². The highest BCUT2D eigenvalue weighted by molar-refractivity contribution is 6.08. The van der Waals surface area contributed by atoms with Crippen LogP contribution in [0.2, 0.25) is 0 Å². The van der Waals surface area contributed by atoms with E-state index in [0.717, 1.165) is 6.07 Å². The van der Waals surface area contributed by atoms with Crippen LogP contribution in [-0.2, 0) is 9.53 Å². The monoisotopic (exact) mass is 478 g/mol. The molecule has 0 aliphatic carbocycles. The van der Waals surface area contributed by atoms with Gasteiger partial charge in [0, 0.05) is 0 Å². The lowest BCUT2D eigenvalue weighted by molar-refractivity contribution is -0.274. The molecule has 2 aromatic carbocycles. The van der Waals surface area contributed by atoms with Crippen LogP contribution < -0.4 is 9.47 Å². The number of para-hydroxylation sites is 1. The Bertz CT molecular complexity index is 1070. The van der Waals surface area contributed by atoms with Gasteiger partial charge in [0.05, 0.1) is 5.56 Å². The van der Waals surface area contributed by atoms with Crippen LogP contribution in [0.15, 0.2) is 42.5 Å². The first-order valence-electron chi connectivity index (χ1n) is 10.6. The molecule has 0 aromatic heterocycles. The average molecular weight is 479 g/mol. The molecule has 2 rings (SSSR count). The van der Waals surface area contributed by atoms with Crippen LogP contribution in [0, 0.1) is 13.8 Å². The van der Waals surface area contributed by atoms with E-state index in [4.69, 9.17) is 9.47 Å². The lowest BCUT2D eigenvalue weighted by atomic mass is 10.0. The van der Waals surface area contributed by atoms with E-state index in [9.17, 15) is 22.8 Å². The molecule has 2 aromatic rings. The molecular formula is C26H29F3O5. The maximum Gasteiger partial charge on any atom is 0.573 e. The largest absolute Gasteiger partial charge is 0.573 e. The van der Waals surface area contributed by atoms with Gasteiger partial charge in [0.25, 0.3) is 0 Å². The molecular weight excluding hydrogens is 449 g/mol. The Morgan fingerprint density at radius 2 is 1.44 bits per heavy atom. The minimum atomic E-state index is -4.91. The van der Waals surface area contributed by atoms with E-state index in [1.807, 2.05) is 0 Å². The minimum Gasteiger partial charge on any atom is -0.476 e. The van der Waals surface area contributed by atoms with Gasteiger partial charge in [0.1, 0.15) is 17.1 Å². The number of ether oxygens (including phenoxy) is 3. The highest BCUT2D eigenvalue weighted by Gasteiger charge is 2.35. The third-order valence-electron chi connectivity index (χ3n) is 4.54. The summed E-state index contributed by atoms with van der Waals surface area (Å²) in [6.07, 6.45) is -2.23. The molecule has 5 nitrogen and oxygen atoms in total. The second kappa shape index (κ2) is 9.91. The standard InChI is InChI=1S/C26H29F3O5/c1-16-14-18(12-13-20(30)19-10-8-9-11-21(19)32-26(27,28)29)15-17(2)22(16)33-25(6,7)23(31)34-24(3,4)5/h8-15H,1-7H3/b13-12+. The van der Waals surface area contributed by atoms with E-state index in [-0.39, 0.29) is 5.56 Å². The van der Waals surface area contributed by atoms with Crippen LogP contribution in [0.5, 0.6) is 11.5 Å². The summed E-state index contributed by atoms with van der Waals surface area (Å²) in [4.78, 5) is 25.1. The molecule has 0 N–H and O–H groups in total. The molecule has 0 saturated carbocycles. The molecule has 0 saturated heterocycles. The van der Waals surface area contributed by atoms with Crippen LogP contribution in [-0.4, -0.2) is 29.3 Å². The van der Waals surface area contributed by atoms with Gasteiger partial charge >= 0.3 is 12.3 Å². The molecule has 0 bridgehead atoms. The Kier molecular flexibility index (Phi) is 7.86. The van der Waals surface area contributed by atoms with Crippen molar-refractivity contribution in [2.75, 3.05) is 0 Å². The van der Waals surface area contributed by atoms with Gasteiger partial charge in [-0.3, -0.25) is 4.79 Å². The Labute approximate surface area is 197 Å². The first kappa shape index (κ1) is 27.0. The summed E-state index contributed by atoms with van der Waals surface area (Å²) in [5.74, 6) is -1.21. The molecule has 0 fully saturated rings. The maximum atomic E-state index is 12.6. The molecule has 0 heterocycles. The smallest absolute Gasteiger partial charge is 0.476 e. The zero-order chi connectivity index (χ0) is 25.9. The lowest BCUT2D eigenvalue weighted by Gasteiger charge is -2.30. The number of benzene rings is 2. The van der Waals surface area contributed by atoms with Crippen molar-refractivity contribution in [3.8, 4) is 11.5 Å². The van der Waals surface area contributed by atoms with Crippen molar-refractivity contribution in [3.63, 3.8) is 0 Å². The molecule has 34 heavy (non-hydrogen) atoms. The lowest BCUT2D eigenvalue weighted by Crippen LogP contribution is -2.43. The van der Waals surface area contributed by atoms with Gasteiger partial charge in [-0.05, 0) is 95.5 Å². The van der Waals surface area contributed by atoms with Crippen LogP contribution in [0.4, 0.5) is 13.2 Å². The normalized spacial score (nSPS) is 12.5. The summed E-state index contributed by atoms with van der Waals surface area (Å²) < 4.78 is 53.2. The van der Waals surface area contributed by atoms with Gasteiger partial charge < -0.3 is 14.2 Å². The first-order chi connectivity index (χ1) is 15.5. The van der Waals surface area contributed by atoms with Gasteiger partial charge in [-0.2, -0.15) is 0 Å². The Morgan fingerprint density at radius 3 is 1.97 bits per heavy atom. The molecule has 0 radical (unpaired) electrons. The van der Waals surface area contributed by atoms with Crippen molar-refractivity contribution in [1.82, 2.24) is 0 Å². The van der Waals surface area contributed by atoms with Crippen molar-refractivity contribution in [2.24, 2.45) is 0 Å². The fraction of sp³-hybridized carbons (Fsp3) is 0.385. The van der Waals surface area contributed by atoms with Crippen LogP contribution >= 0.6 is 0 Å². The van der Waals surface area contributed by atoms with E-state index in [0.29, 0.717) is 22.4 Å². The average Bonchev–Trinajstić information content (AvgIpc) is 2.67. The number of aryl methyl sites for hydroxylation is 2. The van der Waals surface area contributed by atoms with E-state index in [2.05, 4.69) is 4.74 Å². The Hall–Kier alpha value is -3.29. The fourth-order valence-electron chi connectivity index (χ4n) is 3.08. The number of ketones is 1. The first-order valence-corrected chi connectivity index (χ1v) is 10.6. The molecule has 0 aliphatic rings. The summed E-state index contributed by atoms with van der Waals surface area (Å²) in [6, 6.07) is 8.65. The number of hydrogen-bond donors (Lipinski definition) is 0. The summed E-state index contributed by atoms with van der Waals surface area (Å²) in [5, 5.41) is 0. The second-order valence-corrected chi connectivity index (χ2v) is 9.34. The number of hydrogen-bond acceptors (Lipinski definition) is 5. The topological polar surface area (TPSA) is 61.8 Å². The predicted molar refractivity (Wildman–Crippen MR) is 123 cm³/mol. The number of carbonyl (C=O) groups excluding carboxylic acids is 2. The van der Waals surface area contributed by atoms with Crippen molar-refractivity contribution in [2.45, 2.75) is 66.0 Å². The molecule has 0 amide bonds. The summed E-state index contributed by atoms with van der Waals surface area (Å²) in [5.41, 5.74) is -0.0388. The predicted octanol–water partition coefficient (Wildman–Crippen LogP) is 6.60. The highest BCUT2D eigenvalue weighted by Crippen LogP contribution is 2.31. The number of esters is 1. The summed E-state index contributed by atoms with van der Waals surface area (Å²) in [7, 11) is 0. The second-order valence-electron chi connectivity index (χ2n) is 9.34. The maximum absolute atomic E-state index is 12.6. The fourth-order valence-corrected chi connectivity index (χ4v) is 3.08. The van der Waals surface area contributed by atoms with E-state index < -0.39 is 35.1 Å². The number of allylic oxidation sites excluding steroid dienone is 1. The van der Waals surface area contributed by atoms with E-state index >= 15 is 0 Å². The van der Waals surface area contributed by atoms with Crippen molar-refractivity contribution in [3.05, 3.63) is 64.7 Å². The van der Waals surface area contributed by atoms with Crippen molar-refractivity contribution in [1.29, 1.82) is 0 Å². The molecule has 0 unspecified atom stereocenters. The van der Waals surface area contributed by atoms with Gasteiger partial charge in [-0.1, -0.05) is 18.2 Å². The molecule has 0 spiro atoms. The van der Waals surface area contributed by atoms with Gasteiger partial charge in [-0.25, -0.2) is 4.79 Å². The molecule has 0 atom stereocenters. The SMILES string of the molecule is Cc1cc(/C=C/C(=O)c2ccccc2OC(F)(F)F)cc(C)c1OC(C)(C)C(=O)OC(C)(C)C. The molecule has 8 heteroatoms. The summed E-state index contributed by atoms with van der Waals surface area (Å²) in [6.45, 7) is 12.1. The van der Waals surface area contributed by atoms with E-state index in [1.54, 1.807) is 60.6 Å². The molecule has 184 valence electrons. The number of rotatable bonds is 7. The quantitative estimate of drug-likeness (QED) is 0.255. The third kappa shape index (κ3) is 7.64. The van der Waals surface area contributed by atoms with Crippen LogP contribution in [0.1, 0.15) is 61.7 Å². The van der Waals surface area contributed by atoms with Gasteiger partial charge in [0.15, 0.2) is 11.4 Å². The van der Waals surface area contributed by atoms with Crippen LogP contribution in [0.3, 0.4) is 0 Å². The number of halogens is 3. The Morgan fingerprint density at radius 1 is 0.882 bits per heavy atom. The zero-order valence-electron chi connectivity index (χ0n) is 20.3. The molecule has 0 aliphatic heterocycles.